The minimum atomic E-state index is -1.21. The first-order valence-corrected chi connectivity index (χ1v) is 4.65. The monoisotopic (exact) mass is 191 g/mol. The van der Waals surface area contributed by atoms with Crippen LogP contribution < -0.4 is 5.11 Å². The fraction of sp³-hybridized carbons (Fsp3) is 0.364. The second-order valence-electron chi connectivity index (χ2n) is 3.71. The zero-order valence-electron chi connectivity index (χ0n) is 7.90. The number of hydrogen-bond donors (Lipinski definition) is 0. The number of aliphatic carboxylic acids is 1. The number of carboxylic acid groups (broad SMARTS) is 1. The van der Waals surface area contributed by atoms with Gasteiger partial charge in [-0.2, -0.15) is 0 Å². The quantitative estimate of drug-likeness (QED) is 0.674. The van der Waals surface area contributed by atoms with E-state index < -0.39 is 5.97 Å². The van der Waals surface area contributed by atoms with Gasteiger partial charge < -0.3 is 14.3 Å². The topological polar surface area (TPSA) is 53.3 Å². The molecule has 14 heavy (non-hydrogen) atoms. The van der Waals surface area contributed by atoms with Gasteiger partial charge in [0.2, 0.25) is 0 Å². The maximum absolute atomic E-state index is 10.1. The number of furan rings is 1. The molecule has 0 radical (unpaired) electrons. The lowest BCUT2D eigenvalue weighted by Crippen LogP contribution is -2.18. The average Bonchev–Trinajstić information content (AvgIpc) is 2.68. The molecule has 0 aliphatic heterocycles. The summed E-state index contributed by atoms with van der Waals surface area (Å²) in [6.45, 7) is 2.17. The Hall–Kier alpha value is -1.51. The van der Waals surface area contributed by atoms with E-state index in [1.165, 1.54) is 6.08 Å². The molecule has 3 heteroatoms. The van der Waals surface area contributed by atoms with E-state index in [2.05, 4.69) is 6.92 Å². The van der Waals surface area contributed by atoms with Gasteiger partial charge in [0.25, 0.3) is 0 Å². The summed E-state index contributed by atoms with van der Waals surface area (Å²) in [6, 6.07) is 3.68. The maximum atomic E-state index is 10.1. The summed E-state index contributed by atoms with van der Waals surface area (Å²) in [7, 11) is 0. The fourth-order valence-electron chi connectivity index (χ4n) is 1.53. The minimum absolute atomic E-state index is 0.528. The van der Waals surface area contributed by atoms with E-state index >= 15 is 0 Å². The van der Waals surface area contributed by atoms with Crippen molar-refractivity contribution < 1.29 is 14.3 Å². The van der Waals surface area contributed by atoms with Gasteiger partial charge in [0.1, 0.15) is 11.5 Å². The van der Waals surface area contributed by atoms with Crippen LogP contribution in [0, 0.1) is 5.92 Å². The molecule has 74 valence electrons. The summed E-state index contributed by atoms with van der Waals surface area (Å²) < 4.78 is 5.45. The van der Waals surface area contributed by atoms with Gasteiger partial charge in [-0.3, -0.25) is 0 Å². The molecule has 3 nitrogen and oxygen atoms in total. The van der Waals surface area contributed by atoms with Gasteiger partial charge >= 0.3 is 0 Å². The first-order valence-electron chi connectivity index (χ1n) is 4.65. The second kappa shape index (κ2) is 3.33. The van der Waals surface area contributed by atoms with E-state index in [9.17, 15) is 9.90 Å². The summed E-state index contributed by atoms with van der Waals surface area (Å²) in [5.41, 5.74) is 0. The van der Waals surface area contributed by atoms with Crippen molar-refractivity contribution in [1.29, 1.82) is 0 Å². The molecule has 0 amide bonds. The van der Waals surface area contributed by atoms with Crippen molar-refractivity contribution in [1.82, 2.24) is 0 Å². The van der Waals surface area contributed by atoms with Gasteiger partial charge in [-0.15, -0.1) is 0 Å². The van der Waals surface area contributed by atoms with Crippen molar-refractivity contribution in [2.75, 3.05) is 0 Å². The molecular formula is C11H11O3-. The fourth-order valence-corrected chi connectivity index (χ4v) is 1.53. The molecule has 0 N–H and O–H groups in total. The molecule has 0 bridgehead atoms. The zero-order chi connectivity index (χ0) is 10.1. The number of carboxylic acids is 1. The summed E-state index contributed by atoms with van der Waals surface area (Å²) in [5, 5.41) is 10.1. The van der Waals surface area contributed by atoms with Crippen LogP contribution in [0.25, 0.3) is 6.08 Å². The average molecular weight is 191 g/mol. The van der Waals surface area contributed by atoms with Gasteiger partial charge in [-0.1, -0.05) is 6.92 Å². The van der Waals surface area contributed by atoms with Crippen LogP contribution in [0.15, 0.2) is 22.6 Å². The van der Waals surface area contributed by atoms with Crippen molar-refractivity contribution >= 4 is 12.0 Å². The SMILES string of the molecule is C[C@H]1C[C@@H]1c1ccc(/C=C/C(=O)[O-])o1. The van der Waals surface area contributed by atoms with E-state index in [0.29, 0.717) is 17.6 Å². The number of carbonyl (C=O) groups is 1. The van der Waals surface area contributed by atoms with Crippen molar-refractivity contribution in [2.45, 2.75) is 19.3 Å². The Labute approximate surface area is 82.0 Å². The number of hydrogen-bond acceptors (Lipinski definition) is 3. The van der Waals surface area contributed by atoms with Crippen molar-refractivity contribution in [3.05, 3.63) is 29.7 Å². The second-order valence-corrected chi connectivity index (χ2v) is 3.71. The Morgan fingerprint density at radius 3 is 2.93 bits per heavy atom. The van der Waals surface area contributed by atoms with Gasteiger partial charge in [0.05, 0.1) is 5.97 Å². The summed E-state index contributed by atoms with van der Waals surface area (Å²) >= 11 is 0. The molecule has 1 fully saturated rings. The third-order valence-electron chi connectivity index (χ3n) is 2.51. The Bertz CT molecular complexity index is 376. The van der Waals surface area contributed by atoms with Crippen LogP contribution >= 0.6 is 0 Å². The standard InChI is InChI=1S/C11H12O3/c1-7-6-9(7)10-4-2-8(14-10)3-5-11(12)13/h2-5,7,9H,6H2,1H3,(H,12,13)/p-1/b5-3+/t7-,9-/m0/s1. The van der Waals surface area contributed by atoms with Crippen LogP contribution in [-0.4, -0.2) is 5.97 Å². The lowest BCUT2D eigenvalue weighted by atomic mass is 10.3. The maximum Gasteiger partial charge on any atom is 0.127 e. The van der Waals surface area contributed by atoms with Crippen molar-refractivity contribution in [2.24, 2.45) is 5.92 Å². The number of rotatable bonds is 3. The highest BCUT2D eigenvalue weighted by Gasteiger charge is 2.36. The third-order valence-corrected chi connectivity index (χ3v) is 2.51. The van der Waals surface area contributed by atoms with Crippen LogP contribution in [0.1, 0.15) is 30.8 Å². The van der Waals surface area contributed by atoms with Crippen LogP contribution in [0.5, 0.6) is 0 Å². The van der Waals surface area contributed by atoms with Gasteiger partial charge in [0.15, 0.2) is 0 Å². The highest BCUT2D eigenvalue weighted by Crippen LogP contribution is 2.47. The highest BCUT2D eigenvalue weighted by atomic mass is 16.4. The molecule has 1 heterocycles. The molecule has 1 aliphatic carbocycles. The van der Waals surface area contributed by atoms with Gasteiger partial charge in [-0.25, -0.2) is 0 Å². The van der Waals surface area contributed by atoms with E-state index in [1.54, 1.807) is 6.07 Å². The molecule has 0 unspecified atom stereocenters. The molecular weight excluding hydrogens is 180 g/mol. The minimum Gasteiger partial charge on any atom is -0.545 e. The molecule has 0 spiro atoms. The van der Waals surface area contributed by atoms with Gasteiger partial charge in [-0.05, 0) is 36.6 Å². The van der Waals surface area contributed by atoms with Crippen LogP contribution in [0.4, 0.5) is 0 Å². The van der Waals surface area contributed by atoms with Crippen LogP contribution in [0.2, 0.25) is 0 Å². The predicted molar refractivity (Wildman–Crippen MR) is 49.3 cm³/mol. The molecule has 1 aromatic rings. The first-order chi connectivity index (χ1) is 6.66. The Balaban J connectivity index is 2.06. The molecule has 1 saturated carbocycles. The van der Waals surface area contributed by atoms with E-state index in [-0.39, 0.29) is 0 Å². The molecule has 2 atom stereocenters. The molecule has 0 saturated heterocycles. The van der Waals surface area contributed by atoms with Crippen molar-refractivity contribution in [3.63, 3.8) is 0 Å². The summed E-state index contributed by atoms with van der Waals surface area (Å²) in [5.74, 6) is 1.54. The normalized spacial score (nSPS) is 25.5. The van der Waals surface area contributed by atoms with E-state index in [1.807, 2.05) is 6.07 Å². The molecule has 1 aromatic heterocycles. The summed E-state index contributed by atoms with van der Waals surface area (Å²) in [4.78, 5) is 10.1. The van der Waals surface area contributed by atoms with Crippen molar-refractivity contribution in [3.8, 4) is 0 Å². The number of carbonyl (C=O) groups excluding carboxylic acids is 1. The van der Waals surface area contributed by atoms with Gasteiger partial charge in [0, 0.05) is 5.92 Å². The summed E-state index contributed by atoms with van der Waals surface area (Å²) in [6.07, 6.45) is 3.54. The first kappa shape index (κ1) is 9.06. The Morgan fingerprint density at radius 1 is 1.64 bits per heavy atom. The van der Waals surface area contributed by atoms with E-state index in [0.717, 1.165) is 18.3 Å². The zero-order valence-corrected chi connectivity index (χ0v) is 7.90. The highest BCUT2D eigenvalue weighted by molar-refractivity contribution is 5.82. The molecule has 2 rings (SSSR count). The Morgan fingerprint density at radius 2 is 2.36 bits per heavy atom. The van der Waals surface area contributed by atoms with E-state index in [4.69, 9.17) is 4.42 Å². The predicted octanol–water partition coefficient (Wildman–Crippen LogP) is 1.17. The molecule has 1 aliphatic rings. The lowest BCUT2D eigenvalue weighted by Gasteiger charge is -1.91. The molecule has 0 aromatic carbocycles. The van der Waals surface area contributed by atoms with Crippen LogP contribution in [0.3, 0.4) is 0 Å². The lowest BCUT2D eigenvalue weighted by molar-refractivity contribution is -0.297. The Kier molecular flexibility index (Phi) is 2.15. The third kappa shape index (κ3) is 1.87. The smallest absolute Gasteiger partial charge is 0.127 e. The largest absolute Gasteiger partial charge is 0.545 e. The van der Waals surface area contributed by atoms with Crippen LogP contribution in [-0.2, 0) is 4.79 Å².